The van der Waals surface area contributed by atoms with Gasteiger partial charge < -0.3 is 4.90 Å². The molecule has 0 aliphatic rings. The molecule has 0 atom stereocenters. The van der Waals surface area contributed by atoms with Gasteiger partial charge in [0.25, 0.3) is 0 Å². The zero-order chi connectivity index (χ0) is 30.5. The van der Waals surface area contributed by atoms with E-state index in [1.165, 1.54) is 64.0 Å². The van der Waals surface area contributed by atoms with Gasteiger partial charge in [0, 0.05) is 42.6 Å². The Morgan fingerprint density at radius 3 is 1.83 bits per heavy atom. The van der Waals surface area contributed by atoms with E-state index in [9.17, 15) is 0 Å². The summed E-state index contributed by atoms with van der Waals surface area (Å²) in [5.41, 5.74) is 8.37. The number of hydrogen-bond acceptors (Lipinski definition) is 2. The molecule has 1 aromatic heterocycles. The van der Waals surface area contributed by atoms with Crippen LogP contribution in [0.3, 0.4) is 0 Å². The molecular weight excluding hydrogens is 575 g/mol. The maximum Gasteiger partial charge on any atom is 0.0468 e. The number of nitrogens with zero attached hydrogens (tertiary/aromatic N) is 1. The van der Waals surface area contributed by atoms with E-state index >= 15 is 0 Å². The molecular formula is C44H29NS. The van der Waals surface area contributed by atoms with Gasteiger partial charge in [-0.3, -0.25) is 0 Å². The Morgan fingerprint density at radius 1 is 0.348 bits per heavy atom. The maximum atomic E-state index is 2.44. The van der Waals surface area contributed by atoms with E-state index in [2.05, 4.69) is 181 Å². The van der Waals surface area contributed by atoms with Crippen LogP contribution in [-0.2, 0) is 0 Å². The molecule has 216 valence electrons. The molecule has 0 radical (unpaired) electrons. The molecule has 8 aromatic carbocycles. The third kappa shape index (κ3) is 4.46. The summed E-state index contributed by atoms with van der Waals surface area (Å²) in [7, 11) is 0. The fraction of sp³-hybridized carbons (Fsp3) is 0. The smallest absolute Gasteiger partial charge is 0.0468 e. The zero-order valence-electron chi connectivity index (χ0n) is 25.1. The van der Waals surface area contributed by atoms with E-state index < -0.39 is 0 Å². The van der Waals surface area contributed by atoms with Crippen LogP contribution in [0, 0.1) is 0 Å². The van der Waals surface area contributed by atoms with Crippen molar-refractivity contribution in [3.05, 3.63) is 176 Å². The molecule has 9 rings (SSSR count). The number of para-hydroxylation sites is 1. The first kappa shape index (κ1) is 26.7. The van der Waals surface area contributed by atoms with Gasteiger partial charge >= 0.3 is 0 Å². The van der Waals surface area contributed by atoms with E-state index in [1.807, 2.05) is 11.3 Å². The van der Waals surface area contributed by atoms with Crippen LogP contribution < -0.4 is 4.90 Å². The maximum absolute atomic E-state index is 2.44. The monoisotopic (exact) mass is 603 g/mol. The third-order valence-corrected chi connectivity index (χ3v) is 10.2. The Balaban J connectivity index is 1.28. The van der Waals surface area contributed by atoms with Gasteiger partial charge in [0.1, 0.15) is 0 Å². The number of rotatable bonds is 5. The van der Waals surface area contributed by atoms with Gasteiger partial charge in [-0.25, -0.2) is 0 Å². The van der Waals surface area contributed by atoms with Crippen molar-refractivity contribution >= 4 is 70.1 Å². The fourth-order valence-electron chi connectivity index (χ4n) is 6.89. The van der Waals surface area contributed by atoms with Crippen LogP contribution in [0.5, 0.6) is 0 Å². The lowest BCUT2D eigenvalue weighted by molar-refractivity contribution is 1.29. The molecule has 46 heavy (non-hydrogen) atoms. The number of benzene rings is 8. The van der Waals surface area contributed by atoms with Gasteiger partial charge in [-0.2, -0.15) is 0 Å². The van der Waals surface area contributed by atoms with Crippen LogP contribution in [0.15, 0.2) is 176 Å². The molecule has 0 N–H and O–H groups in total. The lowest BCUT2D eigenvalue weighted by Crippen LogP contribution is -2.09. The predicted molar refractivity (Wildman–Crippen MR) is 200 cm³/mol. The fourth-order valence-corrected chi connectivity index (χ4v) is 8.09. The SMILES string of the molecule is c1ccc(-c2cccc(N(c3ccccc3)c3ccc4sc5c6ccccc6c(-c6cccc7ccccc67)cc5c4c3)c2)cc1. The summed E-state index contributed by atoms with van der Waals surface area (Å²) in [4.78, 5) is 2.38. The highest BCUT2D eigenvalue weighted by Crippen LogP contribution is 2.46. The highest BCUT2D eigenvalue weighted by atomic mass is 32.1. The molecule has 0 aliphatic heterocycles. The van der Waals surface area contributed by atoms with Gasteiger partial charge in [0.05, 0.1) is 0 Å². The molecule has 0 saturated carbocycles. The first-order valence-electron chi connectivity index (χ1n) is 15.7. The summed E-state index contributed by atoms with van der Waals surface area (Å²) in [5.74, 6) is 0. The van der Waals surface area contributed by atoms with Crippen LogP contribution in [0.4, 0.5) is 17.1 Å². The van der Waals surface area contributed by atoms with Crippen LogP contribution in [0.25, 0.3) is 64.0 Å². The molecule has 1 heterocycles. The first-order valence-corrected chi connectivity index (χ1v) is 16.5. The highest BCUT2D eigenvalue weighted by Gasteiger charge is 2.18. The summed E-state index contributed by atoms with van der Waals surface area (Å²) >= 11 is 1.89. The molecule has 2 heteroatoms. The van der Waals surface area contributed by atoms with Crippen molar-refractivity contribution in [3.63, 3.8) is 0 Å². The Hall–Kier alpha value is -5.70. The minimum absolute atomic E-state index is 1.13. The minimum atomic E-state index is 1.13. The largest absolute Gasteiger partial charge is 0.310 e. The normalized spacial score (nSPS) is 11.5. The van der Waals surface area contributed by atoms with E-state index in [-0.39, 0.29) is 0 Å². The number of fused-ring (bicyclic) bond motifs is 6. The Bertz CT molecular complexity index is 2520. The van der Waals surface area contributed by atoms with Crippen molar-refractivity contribution in [2.75, 3.05) is 4.90 Å². The molecule has 0 fully saturated rings. The summed E-state index contributed by atoms with van der Waals surface area (Å²) in [6.45, 7) is 0. The molecule has 0 saturated heterocycles. The number of hydrogen-bond donors (Lipinski definition) is 0. The zero-order valence-corrected chi connectivity index (χ0v) is 25.9. The average molecular weight is 604 g/mol. The van der Waals surface area contributed by atoms with E-state index in [0.29, 0.717) is 0 Å². The van der Waals surface area contributed by atoms with Crippen LogP contribution in [-0.4, -0.2) is 0 Å². The summed E-state index contributed by atoms with van der Waals surface area (Å²) in [6.07, 6.45) is 0. The predicted octanol–water partition coefficient (Wildman–Crippen LogP) is 13.2. The molecule has 0 aliphatic carbocycles. The molecule has 0 unspecified atom stereocenters. The second-order valence-electron chi connectivity index (χ2n) is 11.7. The van der Waals surface area contributed by atoms with Crippen LogP contribution >= 0.6 is 11.3 Å². The topological polar surface area (TPSA) is 3.24 Å². The minimum Gasteiger partial charge on any atom is -0.310 e. The van der Waals surface area contributed by atoms with E-state index in [4.69, 9.17) is 0 Å². The van der Waals surface area contributed by atoms with Gasteiger partial charge in [-0.1, -0.05) is 127 Å². The average Bonchev–Trinajstić information content (AvgIpc) is 3.50. The van der Waals surface area contributed by atoms with Gasteiger partial charge in [-0.15, -0.1) is 11.3 Å². The number of anilines is 3. The van der Waals surface area contributed by atoms with Crippen molar-refractivity contribution in [3.8, 4) is 22.3 Å². The summed E-state index contributed by atoms with van der Waals surface area (Å²) in [6, 6.07) is 63.8. The molecule has 0 amide bonds. The van der Waals surface area contributed by atoms with Crippen LogP contribution in [0.1, 0.15) is 0 Å². The summed E-state index contributed by atoms with van der Waals surface area (Å²) < 4.78 is 2.63. The van der Waals surface area contributed by atoms with Crippen LogP contribution in [0.2, 0.25) is 0 Å². The lowest BCUT2D eigenvalue weighted by Gasteiger charge is -2.26. The van der Waals surface area contributed by atoms with Gasteiger partial charge in [0.2, 0.25) is 0 Å². The quantitative estimate of drug-likeness (QED) is 0.189. The standard InChI is InChI=1S/C44H29NS/c1-3-13-30(14-4-1)32-17-11-20-34(27-32)45(33-18-5-2-6-19-33)35-25-26-43-41(28-35)42-29-40(38-22-9-10-23-39(38)44(42)46-43)37-24-12-16-31-15-7-8-21-36(31)37/h1-29H. The van der Waals surface area contributed by atoms with E-state index in [0.717, 1.165) is 17.1 Å². The Morgan fingerprint density at radius 2 is 0.978 bits per heavy atom. The van der Waals surface area contributed by atoms with Crippen molar-refractivity contribution in [1.29, 1.82) is 0 Å². The van der Waals surface area contributed by atoms with Crippen molar-refractivity contribution < 1.29 is 0 Å². The third-order valence-electron chi connectivity index (χ3n) is 9.02. The summed E-state index contributed by atoms with van der Waals surface area (Å²) in [5, 5.41) is 7.73. The number of thiophene rings is 1. The van der Waals surface area contributed by atoms with Gasteiger partial charge in [0.15, 0.2) is 0 Å². The first-order chi connectivity index (χ1) is 22.8. The Labute approximate surface area is 272 Å². The van der Waals surface area contributed by atoms with Crippen molar-refractivity contribution in [2.45, 2.75) is 0 Å². The van der Waals surface area contributed by atoms with Crippen molar-refractivity contribution in [2.24, 2.45) is 0 Å². The van der Waals surface area contributed by atoms with Gasteiger partial charge in [-0.05, 0) is 86.9 Å². The highest BCUT2D eigenvalue weighted by molar-refractivity contribution is 7.26. The molecule has 0 bridgehead atoms. The lowest BCUT2D eigenvalue weighted by atomic mass is 9.92. The second kappa shape index (κ2) is 11.0. The van der Waals surface area contributed by atoms with E-state index in [1.54, 1.807) is 0 Å². The van der Waals surface area contributed by atoms with Crippen molar-refractivity contribution in [1.82, 2.24) is 0 Å². The molecule has 0 spiro atoms. The second-order valence-corrected chi connectivity index (χ2v) is 12.8. The molecule has 1 nitrogen and oxygen atoms in total. The molecule has 9 aromatic rings. The Kier molecular flexibility index (Phi) is 6.40.